The molecule has 2 nitrogen and oxygen atoms in total. The molecule has 0 aliphatic heterocycles. The van der Waals surface area contributed by atoms with Crippen molar-refractivity contribution < 1.29 is 5.11 Å². The van der Waals surface area contributed by atoms with E-state index >= 15 is 0 Å². The summed E-state index contributed by atoms with van der Waals surface area (Å²) in [5.74, 6) is 0. The second-order valence-electron chi connectivity index (χ2n) is 3.27. The monoisotopic (exact) mass is 315 g/mol. The molecule has 1 aromatic heterocycles. The van der Waals surface area contributed by atoms with E-state index in [1.807, 2.05) is 23.6 Å². The van der Waals surface area contributed by atoms with Crippen molar-refractivity contribution >= 4 is 39.0 Å². The van der Waals surface area contributed by atoms with Crippen LogP contribution in [0.3, 0.4) is 0 Å². The lowest BCUT2D eigenvalue weighted by Gasteiger charge is -2.07. The minimum atomic E-state index is -0.435. The van der Waals surface area contributed by atoms with Gasteiger partial charge in [0.2, 0.25) is 0 Å². The van der Waals surface area contributed by atoms with Crippen molar-refractivity contribution in [2.75, 3.05) is 0 Å². The topological polar surface area (TPSA) is 33.1 Å². The lowest BCUT2D eigenvalue weighted by molar-refractivity contribution is 0.199. The summed E-state index contributed by atoms with van der Waals surface area (Å²) in [6.07, 6.45) is 1.36. The molecular formula is C11H10BrNOS2. The third kappa shape index (κ3) is 2.85. The molecule has 84 valence electrons. The number of aliphatic hydroxyl groups excluding tert-OH is 1. The second-order valence-corrected chi connectivity index (χ2v) is 6.30. The third-order valence-electron chi connectivity index (χ3n) is 2.05. The number of aliphatic hydroxyl groups is 1. The summed E-state index contributed by atoms with van der Waals surface area (Å²) in [5, 5.41) is 11.4. The first kappa shape index (κ1) is 12.1. The van der Waals surface area contributed by atoms with Crippen molar-refractivity contribution in [3.05, 3.63) is 39.8 Å². The Bertz CT molecular complexity index is 471. The Kier molecular flexibility index (Phi) is 4.02. The van der Waals surface area contributed by atoms with E-state index in [0.29, 0.717) is 0 Å². The van der Waals surface area contributed by atoms with E-state index < -0.39 is 6.10 Å². The maximum absolute atomic E-state index is 9.46. The molecule has 0 saturated carbocycles. The molecule has 0 bridgehead atoms. The standard InChI is InChI=1S/C11H10BrNOS2/c1-7(14)8-2-3-10(9(12)6-8)16-11-13-4-5-15-11/h2-7,14H,1H3/t7-/m1/s1. The van der Waals surface area contributed by atoms with Crippen molar-refractivity contribution in [2.24, 2.45) is 0 Å². The smallest absolute Gasteiger partial charge is 0.154 e. The molecule has 0 fully saturated rings. The number of halogens is 1. The van der Waals surface area contributed by atoms with Gasteiger partial charge in [0.05, 0.1) is 6.10 Å². The average Bonchev–Trinajstić information content (AvgIpc) is 2.73. The lowest BCUT2D eigenvalue weighted by atomic mass is 10.1. The van der Waals surface area contributed by atoms with Crippen LogP contribution in [0.4, 0.5) is 0 Å². The SMILES string of the molecule is C[C@@H](O)c1ccc(Sc2nccs2)c(Br)c1. The fourth-order valence-corrected chi connectivity index (χ4v) is 3.44. The van der Waals surface area contributed by atoms with Gasteiger partial charge in [0.15, 0.2) is 4.34 Å². The zero-order valence-electron chi connectivity index (χ0n) is 8.55. The van der Waals surface area contributed by atoms with Crippen LogP contribution in [0.5, 0.6) is 0 Å². The number of nitrogens with zero attached hydrogens (tertiary/aromatic N) is 1. The summed E-state index contributed by atoms with van der Waals surface area (Å²) in [7, 11) is 0. The molecule has 1 heterocycles. The molecule has 5 heteroatoms. The van der Waals surface area contributed by atoms with Gasteiger partial charge in [-0.25, -0.2) is 4.98 Å². The molecule has 16 heavy (non-hydrogen) atoms. The predicted molar refractivity (Wildman–Crippen MR) is 71.0 cm³/mol. The molecule has 0 saturated heterocycles. The summed E-state index contributed by atoms with van der Waals surface area (Å²) in [5.41, 5.74) is 0.912. The van der Waals surface area contributed by atoms with Crippen molar-refractivity contribution in [3.63, 3.8) is 0 Å². The van der Waals surface area contributed by atoms with E-state index in [2.05, 4.69) is 20.9 Å². The normalized spacial score (nSPS) is 12.7. The van der Waals surface area contributed by atoms with Crippen LogP contribution in [-0.2, 0) is 0 Å². The molecule has 0 spiro atoms. The van der Waals surface area contributed by atoms with E-state index in [1.165, 1.54) is 0 Å². The second kappa shape index (κ2) is 5.31. The van der Waals surface area contributed by atoms with Crippen molar-refractivity contribution in [1.29, 1.82) is 0 Å². The summed E-state index contributed by atoms with van der Waals surface area (Å²) < 4.78 is 2.01. The quantitative estimate of drug-likeness (QED) is 0.925. The molecule has 2 aromatic rings. The van der Waals surface area contributed by atoms with Gasteiger partial charge in [0.25, 0.3) is 0 Å². The Balaban J connectivity index is 2.23. The molecular weight excluding hydrogens is 306 g/mol. The van der Waals surface area contributed by atoms with Crippen LogP contribution < -0.4 is 0 Å². The molecule has 2 rings (SSSR count). The Labute approximate surface area is 111 Å². The first-order valence-electron chi connectivity index (χ1n) is 4.71. The first-order valence-corrected chi connectivity index (χ1v) is 7.20. The van der Waals surface area contributed by atoms with Crippen LogP contribution in [0.2, 0.25) is 0 Å². The molecule has 0 aliphatic rings. The first-order chi connectivity index (χ1) is 7.66. The number of hydrogen-bond acceptors (Lipinski definition) is 4. The third-order valence-corrected chi connectivity index (χ3v) is 4.92. The summed E-state index contributed by atoms with van der Waals surface area (Å²) in [4.78, 5) is 5.33. The number of aromatic nitrogens is 1. The molecule has 0 radical (unpaired) electrons. The van der Waals surface area contributed by atoms with Crippen molar-refractivity contribution in [2.45, 2.75) is 22.3 Å². The van der Waals surface area contributed by atoms with Gasteiger partial charge in [0.1, 0.15) is 0 Å². The summed E-state index contributed by atoms with van der Waals surface area (Å²) >= 11 is 6.74. The summed E-state index contributed by atoms with van der Waals surface area (Å²) in [6.45, 7) is 1.76. The van der Waals surface area contributed by atoms with E-state index in [0.717, 1.165) is 19.3 Å². The van der Waals surface area contributed by atoms with Gasteiger partial charge < -0.3 is 5.11 Å². The van der Waals surface area contributed by atoms with Crippen LogP contribution in [0.1, 0.15) is 18.6 Å². The highest BCUT2D eigenvalue weighted by Crippen LogP contribution is 2.35. The van der Waals surface area contributed by atoms with Crippen LogP contribution in [0, 0.1) is 0 Å². The van der Waals surface area contributed by atoms with E-state index in [9.17, 15) is 5.11 Å². The van der Waals surface area contributed by atoms with Gasteiger partial charge in [-0.05, 0) is 40.5 Å². The van der Waals surface area contributed by atoms with Crippen molar-refractivity contribution in [3.8, 4) is 0 Å². The molecule has 1 aromatic carbocycles. The fraction of sp³-hybridized carbons (Fsp3) is 0.182. The Morgan fingerprint density at radius 3 is 2.88 bits per heavy atom. The van der Waals surface area contributed by atoms with Crippen molar-refractivity contribution in [1.82, 2.24) is 4.98 Å². The molecule has 0 unspecified atom stereocenters. The maximum atomic E-state index is 9.46. The zero-order chi connectivity index (χ0) is 11.5. The fourth-order valence-electron chi connectivity index (χ4n) is 1.21. The van der Waals surface area contributed by atoms with E-state index in [1.54, 1.807) is 36.2 Å². The van der Waals surface area contributed by atoms with Gasteiger partial charge in [-0.1, -0.05) is 17.8 Å². The van der Waals surface area contributed by atoms with Gasteiger partial charge in [-0.15, -0.1) is 11.3 Å². The van der Waals surface area contributed by atoms with E-state index in [4.69, 9.17) is 0 Å². The maximum Gasteiger partial charge on any atom is 0.154 e. The molecule has 1 N–H and O–H groups in total. The number of rotatable bonds is 3. The highest BCUT2D eigenvalue weighted by molar-refractivity contribution is 9.10. The highest BCUT2D eigenvalue weighted by Gasteiger charge is 2.07. The zero-order valence-corrected chi connectivity index (χ0v) is 11.8. The Morgan fingerprint density at radius 1 is 1.50 bits per heavy atom. The minimum Gasteiger partial charge on any atom is -0.389 e. The van der Waals surface area contributed by atoms with Crippen LogP contribution in [0.25, 0.3) is 0 Å². The molecule has 1 atom stereocenters. The minimum absolute atomic E-state index is 0.435. The van der Waals surface area contributed by atoms with Gasteiger partial charge in [-0.2, -0.15) is 0 Å². The van der Waals surface area contributed by atoms with E-state index in [-0.39, 0.29) is 0 Å². The number of benzene rings is 1. The van der Waals surface area contributed by atoms with Gasteiger partial charge >= 0.3 is 0 Å². The Hall–Kier alpha value is -0.360. The average molecular weight is 316 g/mol. The van der Waals surface area contributed by atoms with Gasteiger partial charge in [-0.3, -0.25) is 0 Å². The Morgan fingerprint density at radius 2 is 2.31 bits per heavy atom. The largest absolute Gasteiger partial charge is 0.389 e. The lowest BCUT2D eigenvalue weighted by Crippen LogP contribution is -1.90. The molecule has 0 aliphatic carbocycles. The van der Waals surface area contributed by atoms with Gasteiger partial charge in [0, 0.05) is 20.9 Å². The van der Waals surface area contributed by atoms with Crippen LogP contribution in [-0.4, -0.2) is 10.1 Å². The van der Waals surface area contributed by atoms with Crippen LogP contribution in [0.15, 0.2) is 43.5 Å². The number of thiazole rings is 1. The summed E-state index contributed by atoms with van der Waals surface area (Å²) in [6, 6.07) is 5.88. The molecule has 0 amide bonds. The highest BCUT2D eigenvalue weighted by atomic mass is 79.9. The van der Waals surface area contributed by atoms with Crippen LogP contribution >= 0.6 is 39.0 Å². The predicted octanol–water partition coefficient (Wildman–Crippen LogP) is 4.11. The number of hydrogen-bond donors (Lipinski definition) is 1.